The number of amides is 1. The van der Waals surface area contributed by atoms with Crippen molar-refractivity contribution in [2.45, 2.75) is 18.1 Å². The van der Waals surface area contributed by atoms with Gasteiger partial charge in [-0.05, 0) is 24.3 Å². The number of carbonyl (C=O) groups is 1. The number of hydrogen-bond acceptors (Lipinski definition) is 4. The molecule has 134 valence electrons. The summed E-state index contributed by atoms with van der Waals surface area (Å²) in [6.07, 6.45) is 1.16. The molecule has 0 spiro atoms. The molecule has 0 unspecified atom stereocenters. The van der Waals surface area contributed by atoms with Crippen LogP contribution in [0.25, 0.3) is 10.8 Å². The molecule has 0 radical (unpaired) electrons. The molecule has 0 aliphatic carbocycles. The SMILES string of the molecule is CN(C)S(=O)(=O)[C@@H]1CCCN(C(=O)c2ccc3ccccc3c2O)C1. The lowest BCUT2D eigenvalue weighted by atomic mass is 10.0. The standard InChI is InChI=1S/C18H22N2O4S/c1-19(2)25(23,24)14-7-5-11-20(12-14)18(22)16-10-9-13-6-3-4-8-15(13)17(16)21/h3-4,6,8-10,14,21H,5,7,11-12H2,1-2H3/t14-/m1/s1. The maximum atomic E-state index is 12.9. The van der Waals surface area contributed by atoms with Gasteiger partial charge in [0.2, 0.25) is 10.0 Å². The van der Waals surface area contributed by atoms with Crippen LogP contribution in [-0.4, -0.2) is 61.1 Å². The van der Waals surface area contributed by atoms with Crippen LogP contribution in [0.5, 0.6) is 5.75 Å². The van der Waals surface area contributed by atoms with Crippen molar-refractivity contribution < 1.29 is 18.3 Å². The van der Waals surface area contributed by atoms with E-state index >= 15 is 0 Å². The number of piperidine rings is 1. The molecular formula is C18H22N2O4S. The highest BCUT2D eigenvalue weighted by molar-refractivity contribution is 7.89. The van der Waals surface area contributed by atoms with Crippen LogP contribution in [0.2, 0.25) is 0 Å². The Balaban J connectivity index is 1.89. The third kappa shape index (κ3) is 3.21. The Hall–Kier alpha value is -2.12. The van der Waals surface area contributed by atoms with Gasteiger partial charge in [-0.15, -0.1) is 0 Å². The minimum Gasteiger partial charge on any atom is -0.506 e. The second-order valence-electron chi connectivity index (χ2n) is 6.53. The maximum absolute atomic E-state index is 12.9. The zero-order valence-corrected chi connectivity index (χ0v) is 15.2. The van der Waals surface area contributed by atoms with Crippen LogP contribution < -0.4 is 0 Å². The molecule has 1 saturated heterocycles. The second-order valence-corrected chi connectivity index (χ2v) is 8.95. The van der Waals surface area contributed by atoms with Crippen molar-refractivity contribution in [3.63, 3.8) is 0 Å². The minimum absolute atomic E-state index is 0.0549. The van der Waals surface area contributed by atoms with E-state index < -0.39 is 15.3 Å². The second kappa shape index (κ2) is 6.65. The Morgan fingerprint density at radius 2 is 1.92 bits per heavy atom. The lowest BCUT2D eigenvalue weighted by Crippen LogP contribution is -2.48. The van der Waals surface area contributed by atoms with E-state index in [4.69, 9.17) is 0 Å². The van der Waals surface area contributed by atoms with Gasteiger partial charge in [0.05, 0.1) is 10.8 Å². The summed E-state index contributed by atoms with van der Waals surface area (Å²) in [7, 11) is -0.406. The molecule has 2 aromatic carbocycles. The van der Waals surface area contributed by atoms with E-state index in [-0.39, 0.29) is 23.8 Å². The summed E-state index contributed by atoms with van der Waals surface area (Å²) < 4.78 is 25.9. The Morgan fingerprint density at radius 1 is 1.20 bits per heavy atom. The van der Waals surface area contributed by atoms with Gasteiger partial charge < -0.3 is 10.0 Å². The van der Waals surface area contributed by atoms with Gasteiger partial charge in [-0.3, -0.25) is 4.79 Å². The summed E-state index contributed by atoms with van der Waals surface area (Å²) in [5.74, 6) is -0.386. The molecule has 1 N–H and O–H groups in total. The first kappa shape index (κ1) is 17.7. The molecule has 25 heavy (non-hydrogen) atoms. The predicted octanol–water partition coefficient (Wildman–Crippen LogP) is 2.04. The summed E-state index contributed by atoms with van der Waals surface area (Å²) in [6.45, 7) is 0.635. The van der Waals surface area contributed by atoms with Gasteiger partial charge in [0.15, 0.2) is 0 Å². The molecule has 0 saturated carbocycles. The van der Waals surface area contributed by atoms with E-state index in [1.54, 1.807) is 24.3 Å². The van der Waals surface area contributed by atoms with E-state index in [0.29, 0.717) is 24.8 Å². The zero-order chi connectivity index (χ0) is 18.2. The van der Waals surface area contributed by atoms with E-state index in [9.17, 15) is 18.3 Å². The van der Waals surface area contributed by atoms with Gasteiger partial charge in [-0.2, -0.15) is 0 Å². The molecule has 0 aromatic heterocycles. The molecule has 1 aliphatic heterocycles. The Bertz CT molecular complexity index is 908. The molecule has 1 atom stereocenters. The van der Waals surface area contributed by atoms with Crippen LogP contribution in [-0.2, 0) is 10.0 Å². The van der Waals surface area contributed by atoms with E-state index in [1.165, 1.54) is 23.3 Å². The number of likely N-dealkylation sites (tertiary alicyclic amines) is 1. The van der Waals surface area contributed by atoms with Crippen molar-refractivity contribution in [1.82, 2.24) is 9.21 Å². The van der Waals surface area contributed by atoms with Crippen LogP contribution >= 0.6 is 0 Å². The monoisotopic (exact) mass is 362 g/mol. The smallest absolute Gasteiger partial charge is 0.257 e. The summed E-state index contributed by atoms with van der Waals surface area (Å²) in [5, 5.41) is 11.3. The zero-order valence-electron chi connectivity index (χ0n) is 14.3. The normalized spacial score (nSPS) is 18.7. The predicted molar refractivity (Wildman–Crippen MR) is 97.1 cm³/mol. The summed E-state index contributed by atoms with van der Waals surface area (Å²) in [5.41, 5.74) is 0.210. The van der Waals surface area contributed by atoms with Gasteiger partial charge in [0.25, 0.3) is 5.91 Å². The molecule has 1 heterocycles. The van der Waals surface area contributed by atoms with Crippen molar-refractivity contribution in [2.75, 3.05) is 27.2 Å². The first-order valence-electron chi connectivity index (χ1n) is 8.23. The van der Waals surface area contributed by atoms with E-state index in [1.807, 2.05) is 12.1 Å². The van der Waals surface area contributed by atoms with Crippen LogP contribution in [0.4, 0.5) is 0 Å². The molecule has 0 bridgehead atoms. The van der Waals surface area contributed by atoms with Crippen molar-refractivity contribution >= 4 is 26.7 Å². The third-order valence-electron chi connectivity index (χ3n) is 4.73. The minimum atomic E-state index is -3.42. The molecule has 7 heteroatoms. The summed E-state index contributed by atoms with van der Waals surface area (Å²) >= 11 is 0. The Labute approximate surface area is 147 Å². The number of benzene rings is 2. The summed E-state index contributed by atoms with van der Waals surface area (Å²) in [4.78, 5) is 14.4. The molecule has 2 aromatic rings. The third-order valence-corrected chi connectivity index (χ3v) is 6.97. The van der Waals surface area contributed by atoms with Gasteiger partial charge >= 0.3 is 0 Å². The van der Waals surface area contributed by atoms with Crippen molar-refractivity contribution in [1.29, 1.82) is 0 Å². The van der Waals surface area contributed by atoms with Crippen LogP contribution in [0.15, 0.2) is 36.4 Å². The molecular weight excluding hydrogens is 340 g/mol. The number of rotatable bonds is 3. The highest BCUT2D eigenvalue weighted by Crippen LogP contribution is 2.30. The van der Waals surface area contributed by atoms with Gasteiger partial charge in [0.1, 0.15) is 5.75 Å². The lowest BCUT2D eigenvalue weighted by Gasteiger charge is -2.33. The first-order chi connectivity index (χ1) is 11.8. The highest BCUT2D eigenvalue weighted by Gasteiger charge is 2.34. The quantitative estimate of drug-likeness (QED) is 0.906. The average Bonchev–Trinajstić information content (AvgIpc) is 2.61. The van der Waals surface area contributed by atoms with Crippen LogP contribution in [0.1, 0.15) is 23.2 Å². The Kier molecular flexibility index (Phi) is 4.71. The van der Waals surface area contributed by atoms with Crippen LogP contribution in [0, 0.1) is 0 Å². The molecule has 1 aliphatic rings. The number of fused-ring (bicyclic) bond motifs is 1. The number of nitrogens with zero attached hydrogens (tertiary/aromatic N) is 2. The largest absolute Gasteiger partial charge is 0.506 e. The van der Waals surface area contributed by atoms with E-state index in [2.05, 4.69) is 0 Å². The number of phenolic OH excluding ortho intramolecular Hbond substituents is 1. The number of phenols is 1. The number of aromatic hydroxyl groups is 1. The average molecular weight is 362 g/mol. The summed E-state index contributed by atoms with van der Waals surface area (Å²) in [6, 6.07) is 10.7. The van der Waals surface area contributed by atoms with Gasteiger partial charge in [-0.1, -0.05) is 30.3 Å². The fraction of sp³-hybridized carbons (Fsp3) is 0.389. The molecule has 6 nitrogen and oxygen atoms in total. The fourth-order valence-electron chi connectivity index (χ4n) is 3.26. The fourth-order valence-corrected chi connectivity index (χ4v) is 4.69. The molecule has 1 fully saturated rings. The van der Waals surface area contributed by atoms with E-state index in [0.717, 1.165) is 5.39 Å². The Morgan fingerprint density at radius 3 is 2.64 bits per heavy atom. The first-order valence-corrected chi connectivity index (χ1v) is 9.74. The van der Waals surface area contributed by atoms with Crippen molar-refractivity contribution in [3.05, 3.63) is 42.0 Å². The molecule has 3 rings (SSSR count). The number of hydrogen-bond donors (Lipinski definition) is 1. The maximum Gasteiger partial charge on any atom is 0.257 e. The van der Waals surface area contributed by atoms with Crippen LogP contribution in [0.3, 0.4) is 0 Å². The topological polar surface area (TPSA) is 77.9 Å². The lowest BCUT2D eigenvalue weighted by molar-refractivity contribution is 0.0723. The molecule has 1 amide bonds. The van der Waals surface area contributed by atoms with Crippen molar-refractivity contribution in [3.8, 4) is 5.75 Å². The number of carbonyl (C=O) groups excluding carboxylic acids is 1. The van der Waals surface area contributed by atoms with Gasteiger partial charge in [0, 0.05) is 32.6 Å². The van der Waals surface area contributed by atoms with Crippen molar-refractivity contribution in [2.24, 2.45) is 0 Å². The number of sulfonamides is 1. The highest BCUT2D eigenvalue weighted by atomic mass is 32.2. The van der Waals surface area contributed by atoms with Gasteiger partial charge in [-0.25, -0.2) is 12.7 Å².